The van der Waals surface area contributed by atoms with Crippen molar-refractivity contribution in [1.29, 1.82) is 0 Å². The van der Waals surface area contributed by atoms with Crippen molar-refractivity contribution in [2.45, 2.75) is 26.1 Å². The highest BCUT2D eigenvalue weighted by atomic mass is 19.4. The average molecular weight is 380 g/mol. The Morgan fingerprint density at radius 1 is 1.00 bits per heavy atom. The van der Waals surface area contributed by atoms with Gasteiger partial charge in [0.25, 0.3) is 0 Å². The molecule has 0 radical (unpaired) electrons. The minimum Gasteiger partial charge on any atom is -0.387 e. The van der Waals surface area contributed by atoms with Crippen LogP contribution in [0.25, 0.3) is 0 Å². The number of anilines is 1. The number of hydrogen-bond acceptors (Lipinski definition) is 3. The lowest BCUT2D eigenvalue weighted by atomic mass is 10.1. The van der Waals surface area contributed by atoms with Gasteiger partial charge in [-0.1, -0.05) is 18.2 Å². The van der Waals surface area contributed by atoms with Crippen molar-refractivity contribution in [2.75, 3.05) is 11.9 Å². The van der Waals surface area contributed by atoms with Crippen molar-refractivity contribution in [3.63, 3.8) is 0 Å². The summed E-state index contributed by atoms with van der Waals surface area (Å²) in [6, 6.07) is 9.24. The lowest BCUT2D eigenvalue weighted by Crippen LogP contribution is -2.37. The summed E-state index contributed by atoms with van der Waals surface area (Å²) in [4.78, 5) is 23.8. The standard InChI is InChI=1S/C19H19F3N2O3/c1-11-7-12(2)9-15(8-11)24-18(27)17(26)23-10-16(25)13-3-5-14(6-4-13)19(20,21)22/h3-9,16,25H,10H2,1-2H3,(H,23,26)(H,24,27). The normalized spacial score (nSPS) is 12.4. The molecule has 0 aromatic heterocycles. The average Bonchev–Trinajstić information content (AvgIpc) is 2.57. The van der Waals surface area contributed by atoms with Gasteiger partial charge in [-0.2, -0.15) is 13.2 Å². The molecule has 2 rings (SSSR count). The number of alkyl halides is 3. The minimum absolute atomic E-state index is 0.193. The number of rotatable bonds is 4. The van der Waals surface area contributed by atoms with E-state index in [2.05, 4.69) is 10.6 Å². The second-order valence-corrected chi connectivity index (χ2v) is 6.18. The van der Waals surface area contributed by atoms with Crippen molar-refractivity contribution in [3.8, 4) is 0 Å². The van der Waals surface area contributed by atoms with Crippen LogP contribution in [0.2, 0.25) is 0 Å². The van der Waals surface area contributed by atoms with Crippen LogP contribution in [-0.2, 0) is 15.8 Å². The van der Waals surface area contributed by atoms with Crippen molar-refractivity contribution in [3.05, 3.63) is 64.7 Å². The number of halogens is 3. The number of benzene rings is 2. The van der Waals surface area contributed by atoms with Gasteiger partial charge in [0.15, 0.2) is 0 Å². The SMILES string of the molecule is Cc1cc(C)cc(NC(=O)C(=O)NCC(O)c2ccc(C(F)(F)F)cc2)c1. The van der Waals surface area contributed by atoms with E-state index in [1.165, 1.54) is 0 Å². The fraction of sp³-hybridized carbons (Fsp3) is 0.263. The van der Waals surface area contributed by atoms with E-state index in [4.69, 9.17) is 0 Å². The summed E-state index contributed by atoms with van der Waals surface area (Å²) < 4.78 is 37.6. The molecule has 0 bridgehead atoms. The van der Waals surface area contributed by atoms with E-state index >= 15 is 0 Å². The summed E-state index contributed by atoms with van der Waals surface area (Å²) in [7, 11) is 0. The van der Waals surface area contributed by atoms with Gasteiger partial charge in [-0.05, 0) is 54.8 Å². The highest BCUT2D eigenvalue weighted by molar-refractivity contribution is 6.39. The maximum atomic E-state index is 12.5. The molecule has 0 aliphatic carbocycles. The van der Waals surface area contributed by atoms with E-state index in [9.17, 15) is 27.9 Å². The minimum atomic E-state index is -4.47. The van der Waals surface area contributed by atoms with Crippen LogP contribution in [0.3, 0.4) is 0 Å². The summed E-state index contributed by atoms with van der Waals surface area (Å²) in [6.07, 6.45) is -5.71. The Hall–Kier alpha value is -2.87. The van der Waals surface area contributed by atoms with E-state index in [1.54, 1.807) is 12.1 Å². The highest BCUT2D eigenvalue weighted by Gasteiger charge is 2.30. The molecule has 0 saturated heterocycles. The summed E-state index contributed by atoms with van der Waals surface area (Å²) in [5.41, 5.74) is 1.66. The molecule has 27 heavy (non-hydrogen) atoms. The molecule has 0 aliphatic rings. The van der Waals surface area contributed by atoms with Gasteiger partial charge in [-0.25, -0.2) is 0 Å². The zero-order valence-corrected chi connectivity index (χ0v) is 14.7. The lowest BCUT2D eigenvalue weighted by molar-refractivity contribution is -0.137. The van der Waals surface area contributed by atoms with Gasteiger partial charge in [0.1, 0.15) is 0 Å². The smallest absolute Gasteiger partial charge is 0.387 e. The monoisotopic (exact) mass is 380 g/mol. The Kier molecular flexibility index (Phi) is 6.22. The van der Waals surface area contributed by atoms with Crippen molar-refractivity contribution >= 4 is 17.5 Å². The van der Waals surface area contributed by atoms with Gasteiger partial charge in [-0.15, -0.1) is 0 Å². The molecule has 2 aromatic carbocycles. The zero-order chi connectivity index (χ0) is 20.2. The Labute approximate surface area is 154 Å². The van der Waals surface area contributed by atoms with E-state index in [-0.39, 0.29) is 12.1 Å². The first kappa shape index (κ1) is 20.4. The molecule has 0 aliphatic heterocycles. The quantitative estimate of drug-likeness (QED) is 0.714. The fourth-order valence-electron chi connectivity index (χ4n) is 2.52. The summed E-state index contributed by atoms with van der Waals surface area (Å²) in [5.74, 6) is -1.86. The summed E-state index contributed by atoms with van der Waals surface area (Å²) in [5, 5.41) is 14.7. The number of aliphatic hydroxyl groups excluding tert-OH is 1. The topological polar surface area (TPSA) is 78.4 Å². The molecule has 1 atom stereocenters. The second kappa shape index (κ2) is 8.22. The Bertz CT molecular complexity index is 813. The molecule has 0 spiro atoms. The van der Waals surface area contributed by atoms with Crippen LogP contribution in [0.1, 0.15) is 28.4 Å². The van der Waals surface area contributed by atoms with Crippen LogP contribution < -0.4 is 10.6 Å². The Morgan fingerprint density at radius 2 is 1.56 bits per heavy atom. The number of amides is 2. The molecule has 2 amide bonds. The fourth-order valence-corrected chi connectivity index (χ4v) is 2.52. The molecule has 8 heteroatoms. The summed E-state index contributed by atoms with van der Waals surface area (Å²) >= 11 is 0. The molecular formula is C19H19F3N2O3. The first-order valence-corrected chi connectivity index (χ1v) is 8.09. The van der Waals surface area contributed by atoms with Gasteiger partial charge in [0.05, 0.1) is 11.7 Å². The third-order valence-corrected chi connectivity index (χ3v) is 3.76. The van der Waals surface area contributed by atoms with E-state index in [1.807, 2.05) is 19.9 Å². The van der Waals surface area contributed by atoms with Crippen LogP contribution in [0.4, 0.5) is 18.9 Å². The van der Waals surface area contributed by atoms with Gasteiger partial charge in [0, 0.05) is 12.2 Å². The van der Waals surface area contributed by atoms with E-state index in [0.717, 1.165) is 35.4 Å². The van der Waals surface area contributed by atoms with Crippen molar-refractivity contribution < 1.29 is 27.9 Å². The number of aryl methyl sites for hydroxylation is 2. The van der Waals surface area contributed by atoms with Crippen LogP contribution in [0, 0.1) is 13.8 Å². The molecule has 0 heterocycles. The third-order valence-electron chi connectivity index (χ3n) is 3.76. The second-order valence-electron chi connectivity index (χ2n) is 6.18. The Balaban J connectivity index is 1.91. The molecule has 0 fully saturated rings. The summed E-state index contributed by atoms with van der Waals surface area (Å²) in [6.45, 7) is 3.39. The third kappa shape index (κ3) is 5.82. The van der Waals surface area contributed by atoms with Gasteiger partial charge < -0.3 is 15.7 Å². The molecule has 2 aromatic rings. The van der Waals surface area contributed by atoms with E-state index < -0.39 is 29.7 Å². The first-order chi connectivity index (χ1) is 12.6. The maximum absolute atomic E-state index is 12.5. The van der Waals surface area contributed by atoms with Crippen molar-refractivity contribution in [1.82, 2.24) is 5.32 Å². The largest absolute Gasteiger partial charge is 0.416 e. The van der Waals surface area contributed by atoms with E-state index in [0.29, 0.717) is 5.69 Å². The molecule has 144 valence electrons. The number of hydrogen-bond donors (Lipinski definition) is 3. The lowest BCUT2D eigenvalue weighted by Gasteiger charge is -2.14. The molecular weight excluding hydrogens is 361 g/mol. The molecule has 3 N–H and O–H groups in total. The van der Waals surface area contributed by atoms with Crippen LogP contribution in [-0.4, -0.2) is 23.5 Å². The van der Waals surface area contributed by atoms with Gasteiger partial charge >= 0.3 is 18.0 Å². The molecule has 1 unspecified atom stereocenters. The number of carbonyl (C=O) groups excluding carboxylic acids is 2. The molecule has 5 nitrogen and oxygen atoms in total. The Morgan fingerprint density at radius 3 is 2.07 bits per heavy atom. The van der Waals surface area contributed by atoms with Crippen LogP contribution in [0.15, 0.2) is 42.5 Å². The van der Waals surface area contributed by atoms with Gasteiger partial charge in [0.2, 0.25) is 0 Å². The zero-order valence-electron chi connectivity index (χ0n) is 14.7. The number of aliphatic hydroxyl groups is 1. The van der Waals surface area contributed by atoms with Crippen LogP contribution >= 0.6 is 0 Å². The highest BCUT2D eigenvalue weighted by Crippen LogP contribution is 2.29. The first-order valence-electron chi connectivity index (χ1n) is 8.09. The maximum Gasteiger partial charge on any atom is 0.416 e. The van der Waals surface area contributed by atoms with Crippen LogP contribution in [0.5, 0.6) is 0 Å². The van der Waals surface area contributed by atoms with Gasteiger partial charge in [-0.3, -0.25) is 9.59 Å². The van der Waals surface area contributed by atoms with Crippen molar-refractivity contribution in [2.24, 2.45) is 0 Å². The predicted molar refractivity (Wildman–Crippen MR) is 94.0 cm³/mol. The predicted octanol–water partition coefficient (Wildman–Crippen LogP) is 3.11. The number of nitrogens with one attached hydrogen (secondary N) is 2. The molecule has 0 saturated carbocycles. The number of carbonyl (C=O) groups is 2.